The number of likely N-dealkylation sites (tertiary alicyclic amines) is 1. The highest BCUT2D eigenvalue weighted by molar-refractivity contribution is 7.90. The van der Waals surface area contributed by atoms with Gasteiger partial charge in [0.2, 0.25) is 0 Å². The molecule has 8 heteroatoms. The average molecular weight is 320 g/mol. The van der Waals surface area contributed by atoms with Gasteiger partial charge in [0.25, 0.3) is 5.91 Å². The van der Waals surface area contributed by atoms with Gasteiger partial charge in [0.15, 0.2) is 9.84 Å². The van der Waals surface area contributed by atoms with Gasteiger partial charge in [0, 0.05) is 25.2 Å². The first-order chi connectivity index (χ1) is 10.5. The van der Waals surface area contributed by atoms with Crippen LogP contribution >= 0.6 is 0 Å². The summed E-state index contributed by atoms with van der Waals surface area (Å²) in [6.45, 7) is 0.584. The molecule has 0 aliphatic carbocycles. The molecule has 2 aromatic heterocycles. The highest BCUT2D eigenvalue weighted by atomic mass is 32.2. The van der Waals surface area contributed by atoms with Gasteiger partial charge >= 0.3 is 0 Å². The molecule has 0 radical (unpaired) electrons. The van der Waals surface area contributed by atoms with E-state index in [1.54, 1.807) is 23.2 Å². The van der Waals surface area contributed by atoms with E-state index in [4.69, 9.17) is 0 Å². The third-order valence-corrected chi connectivity index (χ3v) is 4.91. The van der Waals surface area contributed by atoms with E-state index in [0.29, 0.717) is 24.2 Å². The summed E-state index contributed by atoms with van der Waals surface area (Å²) in [5, 5.41) is 6.60. The monoisotopic (exact) mass is 320 g/mol. The Bertz CT molecular complexity index is 785. The van der Waals surface area contributed by atoms with Crippen LogP contribution in [0.25, 0.3) is 0 Å². The Morgan fingerprint density at radius 1 is 1.41 bits per heavy atom. The SMILES string of the molecule is CS(=O)(=O)c1cn[nH]c1[C@H]1CCCN1C(=O)c1cccnc1. The molecule has 0 spiro atoms. The van der Waals surface area contributed by atoms with Crippen molar-refractivity contribution >= 4 is 15.7 Å². The van der Waals surface area contributed by atoms with Crippen molar-refractivity contribution in [1.82, 2.24) is 20.1 Å². The molecule has 1 fully saturated rings. The number of pyridine rings is 1. The number of carbonyl (C=O) groups is 1. The molecule has 1 saturated heterocycles. The van der Waals surface area contributed by atoms with Crippen molar-refractivity contribution in [3.63, 3.8) is 0 Å². The van der Waals surface area contributed by atoms with Crippen molar-refractivity contribution in [3.05, 3.63) is 42.0 Å². The van der Waals surface area contributed by atoms with Crippen LogP contribution in [0, 0.1) is 0 Å². The minimum atomic E-state index is -3.39. The van der Waals surface area contributed by atoms with Crippen LogP contribution in [0.4, 0.5) is 0 Å². The van der Waals surface area contributed by atoms with Crippen LogP contribution < -0.4 is 0 Å². The first kappa shape index (κ1) is 14.7. The predicted molar refractivity (Wildman–Crippen MR) is 78.9 cm³/mol. The maximum atomic E-state index is 12.6. The zero-order valence-electron chi connectivity index (χ0n) is 12.1. The maximum Gasteiger partial charge on any atom is 0.255 e. The molecule has 3 heterocycles. The van der Waals surface area contributed by atoms with E-state index in [0.717, 1.165) is 12.7 Å². The van der Waals surface area contributed by atoms with E-state index in [-0.39, 0.29) is 16.8 Å². The van der Waals surface area contributed by atoms with Crippen LogP contribution in [0.5, 0.6) is 0 Å². The summed E-state index contributed by atoms with van der Waals surface area (Å²) in [4.78, 5) is 18.4. The molecule has 7 nitrogen and oxygen atoms in total. The summed E-state index contributed by atoms with van der Waals surface area (Å²) in [5.74, 6) is -0.148. The first-order valence-corrected chi connectivity index (χ1v) is 8.82. The second-order valence-corrected chi connectivity index (χ2v) is 7.30. The van der Waals surface area contributed by atoms with Gasteiger partial charge in [0.1, 0.15) is 4.90 Å². The molecule has 0 aromatic carbocycles. The minimum Gasteiger partial charge on any atom is -0.330 e. The molecular formula is C14H16N4O3S. The van der Waals surface area contributed by atoms with Crippen molar-refractivity contribution in [1.29, 1.82) is 0 Å². The molecule has 1 aliphatic heterocycles. The Labute approximate surface area is 128 Å². The van der Waals surface area contributed by atoms with Crippen LogP contribution in [-0.2, 0) is 9.84 Å². The Balaban J connectivity index is 1.95. The molecule has 0 bridgehead atoms. The smallest absolute Gasteiger partial charge is 0.255 e. The van der Waals surface area contributed by atoms with Gasteiger partial charge in [0.05, 0.1) is 23.5 Å². The molecule has 1 amide bonds. The maximum absolute atomic E-state index is 12.6. The minimum absolute atomic E-state index is 0.148. The van der Waals surface area contributed by atoms with Crippen LogP contribution in [0.2, 0.25) is 0 Å². The van der Waals surface area contributed by atoms with E-state index < -0.39 is 9.84 Å². The second kappa shape index (κ2) is 5.53. The number of aromatic nitrogens is 3. The normalized spacial score (nSPS) is 18.6. The van der Waals surface area contributed by atoms with Gasteiger partial charge < -0.3 is 4.90 Å². The summed E-state index contributed by atoms with van der Waals surface area (Å²) >= 11 is 0. The lowest BCUT2D eigenvalue weighted by atomic mass is 10.1. The van der Waals surface area contributed by atoms with Crippen molar-refractivity contribution in [3.8, 4) is 0 Å². The third kappa shape index (κ3) is 2.61. The predicted octanol–water partition coefficient (Wildman–Crippen LogP) is 1.19. The number of hydrogen-bond donors (Lipinski definition) is 1. The topological polar surface area (TPSA) is 96.0 Å². The quantitative estimate of drug-likeness (QED) is 0.916. The molecule has 0 unspecified atom stereocenters. The summed E-state index contributed by atoms with van der Waals surface area (Å²) < 4.78 is 23.7. The Hall–Kier alpha value is -2.22. The molecule has 116 valence electrons. The number of H-pyrrole nitrogens is 1. The average Bonchev–Trinajstić information content (AvgIpc) is 3.15. The van der Waals surface area contributed by atoms with Crippen molar-refractivity contribution < 1.29 is 13.2 Å². The highest BCUT2D eigenvalue weighted by Gasteiger charge is 2.34. The number of carbonyl (C=O) groups excluding carboxylic acids is 1. The second-order valence-electron chi connectivity index (χ2n) is 5.32. The highest BCUT2D eigenvalue weighted by Crippen LogP contribution is 2.34. The number of nitrogens with one attached hydrogen (secondary N) is 1. The van der Waals surface area contributed by atoms with Crippen LogP contribution in [0.1, 0.15) is 34.9 Å². The van der Waals surface area contributed by atoms with Crippen LogP contribution in [0.15, 0.2) is 35.6 Å². The molecule has 3 rings (SSSR count). The van der Waals surface area contributed by atoms with Crippen molar-refractivity contribution in [2.45, 2.75) is 23.8 Å². The van der Waals surface area contributed by atoms with E-state index in [2.05, 4.69) is 15.2 Å². The fraction of sp³-hybridized carbons (Fsp3) is 0.357. The van der Waals surface area contributed by atoms with Crippen LogP contribution in [0.3, 0.4) is 0 Å². The van der Waals surface area contributed by atoms with Gasteiger partial charge in [-0.3, -0.25) is 14.9 Å². The van der Waals surface area contributed by atoms with E-state index >= 15 is 0 Å². The lowest BCUT2D eigenvalue weighted by Crippen LogP contribution is -2.31. The van der Waals surface area contributed by atoms with E-state index in [9.17, 15) is 13.2 Å². The number of nitrogens with zero attached hydrogens (tertiary/aromatic N) is 3. The van der Waals surface area contributed by atoms with Crippen molar-refractivity contribution in [2.75, 3.05) is 12.8 Å². The van der Waals surface area contributed by atoms with Crippen molar-refractivity contribution in [2.24, 2.45) is 0 Å². The number of aromatic amines is 1. The lowest BCUT2D eigenvalue weighted by molar-refractivity contribution is 0.0730. The lowest BCUT2D eigenvalue weighted by Gasteiger charge is -2.24. The molecule has 22 heavy (non-hydrogen) atoms. The standard InChI is InChI=1S/C14H16N4O3S/c1-22(20,21)12-9-16-17-13(12)11-5-3-7-18(11)14(19)10-4-2-6-15-8-10/h2,4,6,8-9,11H,3,5,7H2,1H3,(H,16,17)/t11-/m1/s1. The number of hydrogen-bond acceptors (Lipinski definition) is 5. The van der Waals surface area contributed by atoms with Gasteiger partial charge in [-0.2, -0.15) is 5.10 Å². The summed E-state index contributed by atoms with van der Waals surface area (Å²) in [6.07, 6.45) is 7.09. The zero-order chi connectivity index (χ0) is 15.7. The van der Waals surface area contributed by atoms with Gasteiger partial charge in [-0.1, -0.05) is 0 Å². The molecule has 1 aliphatic rings. The Morgan fingerprint density at radius 2 is 2.23 bits per heavy atom. The molecule has 0 saturated carbocycles. The molecule has 2 aromatic rings. The number of rotatable bonds is 3. The number of amides is 1. The molecule has 1 N–H and O–H groups in total. The fourth-order valence-electron chi connectivity index (χ4n) is 2.78. The summed E-state index contributed by atoms with van der Waals surface area (Å²) in [5.41, 5.74) is 0.979. The third-order valence-electron chi connectivity index (χ3n) is 3.79. The van der Waals surface area contributed by atoms with Crippen LogP contribution in [-0.4, -0.2) is 47.2 Å². The number of sulfone groups is 1. The van der Waals surface area contributed by atoms with Gasteiger partial charge in [-0.25, -0.2) is 8.42 Å². The van der Waals surface area contributed by atoms with E-state index in [1.807, 2.05) is 0 Å². The van der Waals surface area contributed by atoms with Gasteiger partial charge in [-0.05, 0) is 25.0 Å². The fourth-order valence-corrected chi connectivity index (χ4v) is 3.61. The molecule has 1 atom stereocenters. The zero-order valence-corrected chi connectivity index (χ0v) is 12.9. The molecular weight excluding hydrogens is 304 g/mol. The Morgan fingerprint density at radius 3 is 2.91 bits per heavy atom. The Kier molecular flexibility index (Phi) is 3.69. The van der Waals surface area contributed by atoms with E-state index in [1.165, 1.54) is 12.4 Å². The summed E-state index contributed by atoms with van der Waals surface area (Å²) in [6, 6.07) is 3.10. The largest absolute Gasteiger partial charge is 0.330 e. The first-order valence-electron chi connectivity index (χ1n) is 6.93. The van der Waals surface area contributed by atoms with Gasteiger partial charge in [-0.15, -0.1) is 0 Å². The summed E-state index contributed by atoms with van der Waals surface area (Å²) in [7, 11) is -3.39.